The molecule has 2 rings (SSSR count). The van der Waals surface area contributed by atoms with Gasteiger partial charge in [-0.3, -0.25) is 0 Å². The van der Waals surface area contributed by atoms with Crippen molar-refractivity contribution in [3.8, 4) is 5.75 Å². The molecule has 21 heavy (non-hydrogen) atoms. The van der Waals surface area contributed by atoms with E-state index in [4.69, 9.17) is 16.3 Å². The lowest BCUT2D eigenvalue weighted by atomic mass is 9.58. The first-order chi connectivity index (χ1) is 10.1. The molecule has 0 aliphatic heterocycles. The summed E-state index contributed by atoms with van der Waals surface area (Å²) in [5, 5.41) is 4.41. The Labute approximate surface area is 134 Å². The number of benzene rings is 1. The summed E-state index contributed by atoms with van der Waals surface area (Å²) in [5.74, 6) is 0.826. The monoisotopic (exact) mass is 309 g/mol. The highest BCUT2D eigenvalue weighted by Crippen LogP contribution is 2.49. The molecular weight excluding hydrogens is 282 g/mol. The molecule has 1 N–H and O–H groups in total. The summed E-state index contributed by atoms with van der Waals surface area (Å²) in [6.07, 6.45) is 4.79. The van der Waals surface area contributed by atoms with Crippen molar-refractivity contribution >= 4 is 11.6 Å². The van der Waals surface area contributed by atoms with Crippen molar-refractivity contribution in [1.82, 2.24) is 5.32 Å². The SMILES string of the molecule is CCCNC1CC(Oc2ccc(C)cc2Cl)C1(CC)CC. The van der Waals surface area contributed by atoms with Gasteiger partial charge in [0, 0.05) is 17.9 Å². The highest BCUT2D eigenvalue weighted by atomic mass is 35.5. The molecule has 118 valence electrons. The minimum atomic E-state index is 0.239. The van der Waals surface area contributed by atoms with Gasteiger partial charge in [0.2, 0.25) is 0 Å². The molecule has 1 saturated carbocycles. The van der Waals surface area contributed by atoms with Gasteiger partial charge in [0.1, 0.15) is 11.9 Å². The van der Waals surface area contributed by atoms with Gasteiger partial charge in [-0.1, -0.05) is 38.4 Å². The van der Waals surface area contributed by atoms with Crippen LogP contribution in [0.3, 0.4) is 0 Å². The number of ether oxygens (including phenoxy) is 1. The van der Waals surface area contributed by atoms with E-state index in [1.807, 2.05) is 19.1 Å². The van der Waals surface area contributed by atoms with E-state index in [1.54, 1.807) is 0 Å². The summed E-state index contributed by atoms with van der Waals surface area (Å²) in [7, 11) is 0. The first-order valence-electron chi connectivity index (χ1n) is 8.23. The number of halogens is 1. The molecule has 0 aromatic heterocycles. The van der Waals surface area contributed by atoms with E-state index in [0.717, 1.165) is 36.6 Å². The van der Waals surface area contributed by atoms with E-state index in [-0.39, 0.29) is 11.5 Å². The van der Waals surface area contributed by atoms with Crippen LogP contribution in [0.15, 0.2) is 18.2 Å². The van der Waals surface area contributed by atoms with Crippen LogP contribution < -0.4 is 10.1 Å². The molecule has 3 heteroatoms. The van der Waals surface area contributed by atoms with Gasteiger partial charge in [-0.15, -0.1) is 0 Å². The van der Waals surface area contributed by atoms with Gasteiger partial charge in [-0.05, 0) is 50.4 Å². The summed E-state index contributed by atoms with van der Waals surface area (Å²) < 4.78 is 6.27. The van der Waals surface area contributed by atoms with Crippen LogP contribution in [0.25, 0.3) is 0 Å². The Morgan fingerprint density at radius 3 is 2.57 bits per heavy atom. The largest absolute Gasteiger partial charge is 0.488 e. The van der Waals surface area contributed by atoms with Crippen LogP contribution in [0.4, 0.5) is 0 Å². The fourth-order valence-corrected chi connectivity index (χ4v) is 3.85. The fraction of sp³-hybridized carbons (Fsp3) is 0.667. The third kappa shape index (κ3) is 3.22. The van der Waals surface area contributed by atoms with Crippen LogP contribution in [0, 0.1) is 12.3 Å². The zero-order chi connectivity index (χ0) is 15.5. The second kappa shape index (κ2) is 7.02. The maximum atomic E-state index is 6.31. The topological polar surface area (TPSA) is 21.3 Å². The molecule has 0 radical (unpaired) electrons. The Balaban J connectivity index is 2.09. The molecule has 0 amide bonds. The van der Waals surface area contributed by atoms with Gasteiger partial charge in [0.25, 0.3) is 0 Å². The van der Waals surface area contributed by atoms with Crippen LogP contribution in [-0.2, 0) is 0 Å². The second-order valence-corrected chi connectivity index (χ2v) is 6.63. The minimum absolute atomic E-state index is 0.239. The van der Waals surface area contributed by atoms with Gasteiger partial charge in [-0.25, -0.2) is 0 Å². The fourth-order valence-electron chi connectivity index (χ4n) is 3.57. The lowest BCUT2D eigenvalue weighted by Crippen LogP contribution is -2.64. The maximum absolute atomic E-state index is 6.31. The summed E-state index contributed by atoms with van der Waals surface area (Å²) in [5.41, 5.74) is 1.41. The summed E-state index contributed by atoms with van der Waals surface area (Å²) in [4.78, 5) is 0. The van der Waals surface area contributed by atoms with Gasteiger partial charge in [0.15, 0.2) is 0 Å². The number of rotatable bonds is 7. The predicted molar refractivity (Wildman–Crippen MR) is 90.3 cm³/mol. The Hall–Kier alpha value is -0.730. The Kier molecular flexibility index (Phi) is 5.56. The molecule has 1 aromatic rings. The quantitative estimate of drug-likeness (QED) is 0.767. The van der Waals surface area contributed by atoms with Crippen molar-refractivity contribution in [3.63, 3.8) is 0 Å². The molecule has 1 aromatic carbocycles. The van der Waals surface area contributed by atoms with Crippen LogP contribution in [0.1, 0.15) is 52.0 Å². The lowest BCUT2D eigenvalue weighted by molar-refractivity contribution is -0.0857. The van der Waals surface area contributed by atoms with Crippen LogP contribution in [0.5, 0.6) is 5.75 Å². The Morgan fingerprint density at radius 1 is 1.29 bits per heavy atom. The third-order valence-electron chi connectivity index (χ3n) is 5.10. The molecule has 1 aliphatic rings. The van der Waals surface area contributed by atoms with E-state index in [9.17, 15) is 0 Å². The summed E-state index contributed by atoms with van der Waals surface area (Å²) >= 11 is 6.31. The van der Waals surface area contributed by atoms with E-state index >= 15 is 0 Å². The van der Waals surface area contributed by atoms with Crippen molar-refractivity contribution in [3.05, 3.63) is 28.8 Å². The van der Waals surface area contributed by atoms with Crippen molar-refractivity contribution in [1.29, 1.82) is 0 Å². The van der Waals surface area contributed by atoms with E-state index in [0.29, 0.717) is 6.04 Å². The molecule has 2 unspecified atom stereocenters. The van der Waals surface area contributed by atoms with Crippen molar-refractivity contribution in [2.45, 2.75) is 65.5 Å². The highest BCUT2D eigenvalue weighted by Gasteiger charge is 2.54. The zero-order valence-corrected chi connectivity index (χ0v) is 14.5. The van der Waals surface area contributed by atoms with Crippen LogP contribution in [0.2, 0.25) is 5.02 Å². The van der Waals surface area contributed by atoms with Crippen LogP contribution in [-0.4, -0.2) is 18.7 Å². The van der Waals surface area contributed by atoms with Gasteiger partial charge in [-0.2, -0.15) is 0 Å². The van der Waals surface area contributed by atoms with E-state index < -0.39 is 0 Å². The number of hydrogen-bond acceptors (Lipinski definition) is 2. The lowest BCUT2D eigenvalue weighted by Gasteiger charge is -2.55. The molecule has 1 aliphatic carbocycles. The van der Waals surface area contributed by atoms with E-state index in [1.165, 1.54) is 12.0 Å². The van der Waals surface area contributed by atoms with E-state index in [2.05, 4.69) is 32.2 Å². The highest BCUT2D eigenvalue weighted by molar-refractivity contribution is 6.32. The number of aryl methyl sites for hydroxylation is 1. The maximum Gasteiger partial charge on any atom is 0.138 e. The second-order valence-electron chi connectivity index (χ2n) is 6.22. The first-order valence-corrected chi connectivity index (χ1v) is 8.61. The summed E-state index contributed by atoms with van der Waals surface area (Å²) in [6.45, 7) is 9.90. The van der Waals surface area contributed by atoms with Crippen molar-refractivity contribution in [2.75, 3.05) is 6.54 Å². The predicted octanol–water partition coefficient (Wildman–Crippen LogP) is 4.97. The van der Waals surface area contributed by atoms with Gasteiger partial charge < -0.3 is 10.1 Å². The molecule has 0 saturated heterocycles. The van der Waals surface area contributed by atoms with Gasteiger partial charge in [0.05, 0.1) is 5.02 Å². The van der Waals surface area contributed by atoms with Crippen molar-refractivity contribution < 1.29 is 4.74 Å². The minimum Gasteiger partial charge on any atom is -0.488 e. The summed E-state index contributed by atoms with van der Waals surface area (Å²) in [6, 6.07) is 6.61. The number of hydrogen-bond donors (Lipinski definition) is 1. The molecule has 2 atom stereocenters. The smallest absolute Gasteiger partial charge is 0.138 e. The standard InChI is InChI=1S/C18H28ClNO/c1-5-10-20-16-12-17(18(16,6-2)7-3)21-15-9-8-13(4)11-14(15)19/h8-9,11,16-17,20H,5-7,10,12H2,1-4H3. The van der Waals surface area contributed by atoms with Crippen LogP contribution >= 0.6 is 11.6 Å². The van der Waals surface area contributed by atoms with Gasteiger partial charge >= 0.3 is 0 Å². The Bertz CT molecular complexity index is 470. The normalized spacial score (nSPS) is 23.7. The Morgan fingerprint density at radius 2 is 2.00 bits per heavy atom. The molecule has 2 nitrogen and oxygen atoms in total. The molecular formula is C18H28ClNO. The zero-order valence-electron chi connectivity index (χ0n) is 13.7. The molecule has 1 fully saturated rings. The first kappa shape index (κ1) is 16.6. The third-order valence-corrected chi connectivity index (χ3v) is 5.39. The molecule has 0 spiro atoms. The average molecular weight is 310 g/mol. The van der Waals surface area contributed by atoms with Crippen molar-refractivity contribution in [2.24, 2.45) is 5.41 Å². The molecule has 0 bridgehead atoms. The molecule has 0 heterocycles. The average Bonchev–Trinajstić information content (AvgIpc) is 2.45. The number of nitrogens with one attached hydrogen (secondary N) is 1.